The lowest BCUT2D eigenvalue weighted by Gasteiger charge is -1.97. The third kappa shape index (κ3) is 3.47. The van der Waals surface area contributed by atoms with Gasteiger partial charge in [0.15, 0.2) is 6.20 Å². The molecule has 0 radical (unpaired) electrons. The van der Waals surface area contributed by atoms with Crippen molar-refractivity contribution in [3.8, 4) is 0 Å². The molecule has 0 atom stereocenters. The van der Waals surface area contributed by atoms with Gasteiger partial charge in [-0.05, 0) is 6.07 Å². The van der Waals surface area contributed by atoms with Crippen LogP contribution in [0.3, 0.4) is 0 Å². The maximum Gasteiger partial charge on any atom is 0.261 e. The third-order valence-corrected chi connectivity index (χ3v) is 1.95. The van der Waals surface area contributed by atoms with Crippen molar-refractivity contribution >= 4 is 22.5 Å². The summed E-state index contributed by atoms with van der Waals surface area (Å²) in [5.41, 5.74) is 0. The Labute approximate surface area is 73.2 Å². The summed E-state index contributed by atoms with van der Waals surface area (Å²) in [5.74, 6) is 0. The molecule has 0 saturated carbocycles. The van der Waals surface area contributed by atoms with Gasteiger partial charge in [0.2, 0.25) is 0 Å². The van der Waals surface area contributed by atoms with E-state index in [9.17, 15) is 5.21 Å². The second kappa shape index (κ2) is 6.29. The van der Waals surface area contributed by atoms with Crippen LogP contribution in [0.4, 0.5) is 0 Å². The maximum atomic E-state index is 10.7. The van der Waals surface area contributed by atoms with Gasteiger partial charge >= 0.3 is 0 Å². The van der Waals surface area contributed by atoms with Gasteiger partial charge in [0.1, 0.15) is 0 Å². The lowest BCUT2D eigenvalue weighted by molar-refractivity contribution is -0.645. The zero-order valence-corrected chi connectivity index (χ0v) is 7.23. The Bertz CT molecular complexity index is 209. The van der Waals surface area contributed by atoms with E-state index in [1.54, 1.807) is 18.2 Å². The monoisotopic (exact) mass is 195 g/mol. The normalized spacial score (nSPS) is 7.73. The SMILES string of the molecule is O.O.[O-][n+]1ccccc1SS. The fourth-order valence-corrected chi connectivity index (χ4v) is 1.19. The minimum atomic E-state index is 0. The van der Waals surface area contributed by atoms with Gasteiger partial charge in [-0.15, -0.1) is 11.7 Å². The molecular formula is C5H9NO3S2. The molecular weight excluding hydrogens is 186 g/mol. The van der Waals surface area contributed by atoms with Crippen LogP contribution in [0.1, 0.15) is 0 Å². The molecule has 1 aromatic heterocycles. The zero-order chi connectivity index (χ0) is 6.69. The molecule has 4 N–H and O–H groups in total. The number of nitrogens with zero attached hydrogens (tertiary/aromatic N) is 1. The van der Waals surface area contributed by atoms with Gasteiger partial charge in [0.05, 0.1) is 0 Å². The summed E-state index contributed by atoms with van der Waals surface area (Å²) in [6.07, 6.45) is 1.44. The van der Waals surface area contributed by atoms with Crippen molar-refractivity contribution in [3.63, 3.8) is 0 Å². The van der Waals surface area contributed by atoms with Crippen molar-refractivity contribution in [2.75, 3.05) is 0 Å². The molecule has 0 aliphatic heterocycles. The van der Waals surface area contributed by atoms with E-state index in [0.29, 0.717) is 5.03 Å². The smallest absolute Gasteiger partial charge is 0.261 e. The molecule has 1 heterocycles. The summed E-state index contributed by atoms with van der Waals surface area (Å²) < 4.78 is 0.775. The first-order valence-corrected chi connectivity index (χ1v) is 4.21. The molecule has 6 heteroatoms. The van der Waals surface area contributed by atoms with Crippen LogP contribution in [0.2, 0.25) is 0 Å². The van der Waals surface area contributed by atoms with Crippen molar-refractivity contribution in [2.24, 2.45) is 0 Å². The summed E-state index contributed by atoms with van der Waals surface area (Å²) in [6.45, 7) is 0. The Hall–Kier alpha value is -0.430. The highest BCUT2D eigenvalue weighted by Gasteiger charge is 1.97. The highest BCUT2D eigenvalue weighted by atomic mass is 33.1. The Morgan fingerprint density at radius 2 is 2.00 bits per heavy atom. The summed E-state index contributed by atoms with van der Waals surface area (Å²) in [4.78, 5) is 0. The predicted octanol–water partition coefficient (Wildman–Crippen LogP) is -0.393. The minimum absolute atomic E-state index is 0. The molecule has 1 rings (SSSR count). The first-order valence-electron chi connectivity index (χ1n) is 2.34. The van der Waals surface area contributed by atoms with Gasteiger partial charge in [-0.2, -0.15) is 4.73 Å². The van der Waals surface area contributed by atoms with E-state index in [0.717, 1.165) is 15.5 Å². The molecule has 0 saturated heterocycles. The Kier molecular flexibility index (Phi) is 7.54. The van der Waals surface area contributed by atoms with E-state index in [2.05, 4.69) is 11.7 Å². The molecule has 0 aliphatic rings. The van der Waals surface area contributed by atoms with Crippen molar-refractivity contribution in [2.45, 2.75) is 5.03 Å². The minimum Gasteiger partial charge on any atom is -0.618 e. The molecule has 0 aliphatic carbocycles. The molecule has 11 heavy (non-hydrogen) atoms. The number of hydrogen-bond donors (Lipinski definition) is 1. The lowest BCUT2D eigenvalue weighted by atomic mass is 10.5. The average Bonchev–Trinajstić information content (AvgIpc) is 1.89. The Morgan fingerprint density at radius 1 is 1.36 bits per heavy atom. The van der Waals surface area contributed by atoms with Crippen LogP contribution in [0, 0.1) is 5.21 Å². The number of hydrogen-bond acceptors (Lipinski definition) is 3. The highest BCUT2D eigenvalue weighted by Crippen LogP contribution is 2.15. The van der Waals surface area contributed by atoms with Gasteiger partial charge in [0.25, 0.3) is 5.03 Å². The second-order valence-corrected chi connectivity index (χ2v) is 2.60. The molecule has 0 unspecified atom stereocenters. The predicted molar refractivity (Wildman–Crippen MR) is 47.5 cm³/mol. The molecule has 0 amide bonds. The summed E-state index contributed by atoms with van der Waals surface area (Å²) >= 11 is 3.88. The van der Waals surface area contributed by atoms with E-state index in [1.807, 2.05) is 0 Å². The van der Waals surface area contributed by atoms with E-state index in [1.165, 1.54) is 6.20 Å². The molecule has 64 valence electrons. The van der Waals surface area contributed by atoms with E-state index in [4.69, 9.17) is 0 Å². The van der Waals surface area contributed by atoms with Gasteiger partial charge in [0, 0.05) is 22.9 Å². The number of thiol groups is 1. The van der Waals surface area contributed by atoms with Gasteiger partial charge in [-0.25, -0.2) is 0 Å². The molecule has 0 bridgehead atoms. The van der Waals surface area contributed by atoms with E-state index < -0.39 is 0 Å². The van der Waals surface area contributed by atoms with Crippen molar-refractivity contribution in [1.82, 2.24) is 0 Å². The topological polar surface area (TPSA) is 89.9 Å². The first kappa shape index (κ1) is 13.2. The van der Waals surface area contributed by atoms with Crippen LogP contribution < -0.4 is 4.73 Å². The average molecular weight is 195 g/mol. The van der Waals surface area contributed by atoms with E-state index in [-0.39, 0.29) is 11.0 Å². The summed E-state index contributed by atoms with van der Waals surface area (Å²) in [7, 11) is 1.14. The van der Waals surface area contributed by atoms with Crippen LogP contribution in [0.15, 0.2) is 29.4 Å². The zero-order valence-electron chi connectivity index (χ0n) is 5.52. The summed E-state index contributed by atoms with van der Waals surface area (Å²) in [5, 5.41) is 11.3. The quantitative estimate of drug-likeness (QED) is 0.286. The molecule has 4 nitrogen and oxygen atoms in total. The van der Waals surface area contributed by atoms with Crippen molar-refractivity contribution < 1.29 is 15.7 Å². The summed E-state index contributed by atoms with van der Waals surface area (Å²) in [6, 6.07) is 5.19. The fourth-order valence-electron chi connectivity index (χ4n) is 0.483. The van der Waals surface area contributed by atoms with Crippen LogP contribution in [0.25, 0.3) is 0 Å². The Morgan fingerprint density at radius 3 is 2.36 bits per heavy atom. The number of pyridine rings is 1. The number of rotatable bonds is 1. The highest BCUT2D eigenvalue weighted by molar-refractivity contribution is 8.68. The van der Waals surface area contributed by atoms with Crippen molar-refractivity contribution in [1.29, 1.82) is 0 Å². The molecule has 0 spiro atoms. The molecule has 1 aromatic rings. The molecule has 0 aromatic carbocycles. The van der Waals surface area contributed by atoms with E-state index >= 15 is 0 Å². The largest absolute Gasteiger partial charge is 0.618 e. The maximum absolute atomic E-state index is 10.7. The number of aromatic nitrogens is 1. The molecule has 0 fully saturated rings. The first-order chi connectivity index (χ1) is 4.34. The van der Waals surface area contributed by atoms with Crippen LogP contribution in [0.5, 0.6) is 0 Å². The van der Waals surface area contributed by atoms with Gasteiger partial charge in [-0.3, -0.25) is 0 Å². The standard InChI is InChI=1S/C5H5NOS2.2H2O/c7-6-4-2-1-3-5(6)9-8;;/h1-4,8H;2*1H2. The lowest BCUT2D eigenvalue weighted by Crippen LogP contribution is -2.26. The Balaban J connectivity index is 0. The fraction of sp³-hybridized carbons (Fsp3) is 0. The van der Waals surface area contributed by atoms with Crippen molar-refractivity contribution in [3.05, 3.63) is 29.6 Å². The second-order valence-electron chi connectivity index (χ2n) is 1.46. The van der Waals surface area contributed by atoms with Gasteiger partial charge in [-0.1, -0.05) is 0 Å². The van der Waals surface area contributed by atoms with Crippen LogP contribution in [-0.4, -0.2) is 11.0 Å². The third-order valence-electron chi connectivity index (χ3n) is 0.882. The van der Waals surface area contributed by atoms with Gasteiger partial charge < -0.3 is 16.2 Å². The van der Waals surface area contributed by atoms with Crippen LogP contribution in [-0.2, 0) is 0 Å². The van der Waals surface area contributed by atoms with Crippen LogP contribution >= 0.6 is 22.5 Å².